The van der Waals surface area contributed by atoms with Crippen molar-refractivity contribution < 1.29 is 4.42 Å². The van der Waals surface area contributed by atoms with E-state index in [1.54, 1.807) is 0 Å². The Morgan fingerprint density at radius 1 is 0.327 bits per heavy atom. The number of benzene rings is 9. The van der Waals surface area contributed by atoms with Crippen molar-refractivity contribution in [3.8, 4) is 33.4 Å². The van der Waals surface area contributed by atoms with E-state index >= 15 is 0 Å². The molecular formula is C50H33NO. The molecule has 10 aromatic rings. The van der Waals surface area contributed by atoms with Crippen LogP contribution in [-0.4, -0.2) is 0 Å². The SMILES string of the molecule is c1cc(-c2ccc(-c3cccc4ccccc34)cc2)cc(N(c2ccc(-c3cccc4ccccc34)cc2)c2cccc3oc4ccccc4c23)c1. The Morgan fingerprint density at radius 2 is 0.846 bits per heavy atom. The summed E-state index contributed by atoms with van der Waals surface area (Å²) in [5, 5.41) is 7.21. The van der Waals surface area contributed by atoms with Crippen molar-refractivity contribution in [2.75, 3.05) is 4.90 Å². The van der Waals surface area contributed by atoms with Crippen LogP contribution in [0.5, 0.6) is 0 Å². The Labute approximate surface area is 302 Å². The smallest absolute Gasteiger partial charge is 0.137 e. The lowest BCUT2D eigenvalue weighted by Gasteiger charge is -2.27. The highest BCUT2D eigenvalue weighted by atomic mass is 16.3. The molecule has 1 heterocycles. The summed E-state index contributed by atoms with van der Waals surface area (Å²) in [5.74, 6) is 0. The zero-order valence-electron chi connectivity index (χ0n) is 28.4. The van der Waals surface area contributed by atoms with Gasteiger partial charge in [0.05, 0.1) is 11.1 Å². The Balaban J connectivity index is 1.10. The van der Waals surface area contributed by atoms with Crippen LogP contribution in [0.25, 0.3) is 76.9 Å². The Morgan fingerprint density at radius 3 is 1.54 bits per heavy atom. The minimum atomic E-state index is 0.872. The van der Waals surface area contributed by atoms with E-state index in [4.69, 9.17) is 4.42 Å². The van der Waals surface area contributed by atoms with Gasteiger partial charge >= 0.3 is 0 Å². The lowest BCUT2D eigenvalue weighted by Crippen LogP contribution is -2.10. The van der Waals surface area contributed by atoms with Crippen molar-refractivity contribution in [3.63, 3.8) is 0 Å². The molecule has 9 aromatic carbocycles. The van der Waals surface area contributed by atoms with Crippen LogP contribution in [0, 0.1) is 0 Å². The largest absolute Gasteiger partial charge is 0.456 e. The van der Waals surface area contributed by atoms with Gasteiger partial charge in [0.15, 0.2) is 0 Å². The summed E-state index contributed by atoms with van der Waals surface area (Å²) >= 11 is 0. The van der Waals surface area contributed by atoms with E-state index in [2.05, 4.69) is 193 Å². The summed E-state index contributed by atoms with van der Waals surface area (Å²) in [7, 11) is 0. The van der Waals surface area contributed by atoms with Gasteiger partial charge in [-0.05, 0) is 97.4 Å². The first-order valence-corrected chi connectivity index (χ1v) is 17.8. The van der Waals surface area contributed by atoms with Gasteiger partial charge in [0.2, 0.25) is 0 Å². The summed E-state index contributed by atoms with van der Waals surface area (Å²) in [5.41, 5.74) is 12.2. The van der Waals surface area contributed by atoms with E-state index in [9.17, 15) is 0 Å². The van der Waals surface area contributed by atoms with Crippen LogP contribution in [0.4, 0.5) is 17.1 Å². The average molecular weight is 664 g/mol. The van der Waals surface area contributed by atoms with Crippen molar-refractivity contribution in [2.24, 2.45) is 0 Å². The minimum Gasteiger partial charge on any atom is -0.456 e. The molecule has 0 radical (unpaired) electrons. The fourth-order valence-electron chi connectivity index (χ4n) is 7.78. The first-order chi connectivity index (χ1) is 25.8. The van der Waals surface area contributed by atoms with Crippen LogP contribution in [0.3, 0.4) is 0 Å². The van der Waals surface area contributed by atoms with Crippen molar-refractivity contribution in [1.82, 2.24) is 0 Å². The Kier molecular flexibility index (Phi) is 7.18. The maximum Gasteiger partial charge on any atom is 0.137 e. The highest BCUT2D eigenvalue weighted by Gasteiger charge is 2.20. The molecule has 0 saturated carbocycles. The van der Waals surface area contributed by atoms with Gasteiger partial charge in [0.25, 0.3) is 0 Å². The fourth-order valence-corrected chi connectivity index (χ4v) is 7.78. The fraction of sp³-hybridized carbons (Fsp3) is 0. The third-order valence-electron chi connectivity index (χ3n) is 10.3. The van der Waals surface area contributed by atoms with Gasteiger partial charge in [0, 0.05) is 16.8 Å². The van der Waals surface area contributed by atoms with Crippen LogP contribution < -0.4 is 4.90 Å². The zero-order chi connectivity index (χ0) is 34.4. The molecule has 2 nitrogen and oxygen atoms in total. The molecule has 0 spiro atoms. The summed E-state index contributed by atoms with van der Waals surface area (Å²) in [6, 6.07) is 71.7. The summed E-state index contributed by atoms with van der Waals surface area (Å²) in [6.45, 7) is 0. The molecular weight excluding hydrogens is 631 g/mol. The van der Waals surface area contributed by atoms with Crippen LogP contribution in [0.1, 0.15) is 0 Å². The molecule has 0 aliphatic heterocycles. The number of para-hydroxylation sites is 1. The van der Waals surface area contributed by atoms with Gasteiger partial charge in [-0.3, -0.25) is 0 Å². The van der Waals surface area contributed by atoms with Gasteiger partial charge in [0.1, 0.15) is 11.2 Å². The molecule has 0 atom stereocenters. The molecule has 0 amide bonds. The minimum absolute atomic E-state index is 0.872. The van der Waals surface area contributed by atoms with Crippen molar-refractivity contribution in [3.05, 3.63) is 200 Å². The van der Waals surface area contributed by atoms with E-state index in [0.29, 0.717) is 0 Å². The maximum atomic E-state index is 6.37. The number of hydrogen-bond donors (Lipinski definition) is 0. The van der Waals surface area contributed by atoms with Gasteiger partial charge in [-0.25, -0.2) is 0 Å². The first-order valence-electron chi connectivity index (χ1n) is 17.8. The van der Waals surface area contributed by atoms with Gasteiger partial charge < -0.3 is 9.32 Å². The summed E-state index contributed by atoms with van der Waals surface area (Å²) < 4.78 is 6.37. The standard InChI is InChI=1S/C50H33NO/c1-3-17-42-35(11-1)13-8-20-44(42)37-27-25-34(26-28-37)39-15-7-16-41(33-39)51(47-22-10-24-49-50(47)46-19-5-6-23-48(46)52-49)40-31-29-38(30-32-40)45-21-9-14-36-12-2-4-18-43(36)45/h1-33H. The van der Waals surface area contributed by atoms with Crippen LogP contribution in [0.2, 0.25) is 0 Å². The first kappa shape index (κ1) is 30.0. The number of anilines is 3. The zero-order valence-corrected chi connectivity index (χ0v) is 28.4. The number of rotatable bonds is 6. The number of hydrogen-bond acceptors (Lipinski definition) is 2. The highest BCUT2D eigenvalue weighted by Crippen LogP contribution is 2.44. The van der Waals surface area contributed by atoms with Crippen molar-refractivity contribution in [2.45, 2.75) is 0 Å². The number of furan rings is 1. The third kappa shape index (κ3) is 5.12. The molecule has 0 N–H and O–H groups in total. The summed E-state index contributed by atoms with van der Waals surface area (Å²) in [6.07, 6.45) is 0. The van der Waals surface area contributed by atoms with Crippen LogP contribution in [0.15, 0.2) is 205 Å². The second-order valence-corrected chi connectivity index (χ2v) is 13.3. The normalized spacial score (nSPS) is 11.5. The predicted molar refractivity (Wildman–Crippen MR) is 220 cm³/mol. The average Bonchev–Trinajstić information content (AvgIpc) is 3.61. The molecule has 1 aromatic heterocycles. The van der Waals surface area contributed by atoms with Gasteiger partial charge in [-0.2, -0.15) is 0 Å². The third-order valence-corrected chi connectivity index (χ3v) is 10.3. The van der Waals surface area contributed by atoms with Gasteiger partial charge in [-0.1, -0.05) is 158 Å². The van der Waals surface area contributed by atoms with E-state index in [1.165, 1.54) is 49.4 Å². The lowest BCUT2D eigenvalue weighted by molar-refractivity contribution is 0.669. The quantitative estimate of drug-likeness (QED) is 0.176. The van der Waals surface area contributed by atoms with Crippen LogP contribution >= 0.6 is 0 Å². The summed E-state index contributed by atoms with van der Waals surface area (Å²) in [4.78, 5) is 2.37. The van der Waals surface area contributed by atoms with E-state index < -0.39 is 0 Å². The lowest BCUT2D eigenvalue weighted by atomic mass is 9.96. The molecule has 2 heteroatoms. The number of fused-ring (bicyclic) bond motifs is 5. The second kappa shape index (κ2) is 12.5. The van der Waals surface area contributed by atoms with Gasteiger partial charge in [-0.15, -0.1) is 0 Å². The Bertz CT molecular complexity index is 2890. The van der Waals surface area contributed by atoms with Crippen molar-refractivity contribution >= 4 is 60.5 Å². The number of nitrogens with zero attached hydrogens (tertiary/aromatic N) is 1. The predicted octanol–water partition coefficient (Wildman–Crippen LogP) is 14.4. The molecule has 52 heavy (non-hydrogen) atoms. The molecule has 10 rings (SSSR count). The Hall–Kier alpha value is -6.90. The molecule has 0 aliphatic rings. The van der Waals surface area contributed by atoms with Crippen molar-refractivity contribution in [1.29, 1.82) is 0 Å². The highest BCUT2D eigenvalue weighted by molar-refractivity contribution is 6.13. The van der Waals surface area contributed by atoms with Crippen LogP contribution in [-0.2, 0) is 0 Å². The van der Waals surface area contributed by atoms with E-state index in [0.717, 1.165) is 44.6 Å². The van der Waals surface area contributed by atoms with E-state index in [-0.39, 0.29) is 0 Å². The molecule has 0 unspecified atom stereocenters. The molecule has 0 bridgehead atoms. The second-order valence-electron chi connectivity index (χ2n) is 13.3. The van der Waals surface area contributed by atoms with E-state index in [1.807, 2.05) is 12.1 Å². The maximum absolute atomic E-state index is 6.37. The molecule has 244 valence electrons. The topological polar surface area (TPSA) is 16.4 Å². The molecule has 0 fully saturated rings. The molecule has 0 aliphatic carbocycles. The monoisotopic (exact) mass is 663 g/mol. The molecule has 0 saturated heterocycles.